The van der Waals surface area contributed by atoms with Crippen LogP contribution in [-0.2, 0) is 0 Å². The third-order valence-corrected chi connectivity index (χ3v) is 3.67. The molecular weight excluding hydrogens is 252 g/mol. The average Bonchev–Trinajstić information content (AvgIpc) is 2.97. The molecule has 0 saturated carbocycles. The highest BCUT2D eigenvalue weighted by Gasteiger charge is 2.15. The van der Waals surface area contributed by atoms with Crippen molar-refractivity contribution in [2.45, 2.75) is 19.8 Å². The number of anilines is 1. The topological polar surface area (TPSA) is 57.3 Å². The number of nitrogens with one attached hydrogen (secondary N) is 2. The smallest absolute Gasteiger partial charge is 0.254 e. The minimum Gasteiger partial charge on any atom is -0.369 e. The average molecular weight is 276 g/mol. The van der Waals surface area contributed by atoms with Crippen LogP contribution in [0, 0.1) is 5.92 Å². The molecule has 2 rings (SSSR count). The Morgan fingerprint density at radius 1 is 1.45 bits per heavy atom. The van der Waals surface area contributed by atoms with Crippen LogP contribution in [0.2, 0.25) is 0 Å². The van der Waals surface area contributed by atoms with Gasteiger partial charge in [-0.25, -0.2) is 4.98 Å². The molecule has 1 aliphatic heterocycles. The minimum absolute atomic E-state index is 0.104. The Morgan fingerprint density at radius 2 is 2.20 bits per heavy atom. The van der Waals surface area contributed by atoms with Gasteiger partial charge in [0.1, 0.15) is 5.82 Å². The van der Waals surface area contributed by atoms with E-state index >= 15 is 0 Å². The summed E-state index contributed by atoms with van der Waals surface area (Å²) in [7, 11) is 1.63. The molecular formula is C15H24N4O. The van der Waals surface area contributed by atoms with Crippen LogP contribution < -0.4 is 10.6 Å². The van der Waals surface area contributed by atoms with Crippen LogP contribution in [0.3, 0.4) is 0 Å². The second kappa shape index (κ2) is 7.24. The van der Waals surface area contributed by atoms with Crippen LogP contribution in [0.4, 0.5) is 5.82 Å². The molecule has 1 fully saturated rings. The summed E-state index contributed by atoms with van der Waals surface area (Å²) < 4.78 is 0. The number of hydrogen-bond donors (Lipinski definition) is 2. The number of likely N-dealkylation sites (tertiary alicyclic amines) is 1. The van der Waals surface area contributed by atoms with Crippen LogP contribution in [0.5, 0.6) is 0 Å². The molecule has 2 heterocycles. The minimum atomic E-state index is -0.104. The molecule has 20 heavy (non-hydrogen) atoms. The number of carbonyl (C=O) groups is 1. The highest BCUT2D eigenvalue weighted by Crippen LogP contribution is 2.14. The van der Waals surface area contributed by atoms with E-state index in [0.29, 0.717) is 17.3 Å². The number of carbonyl (C=O) groups excluding carboxylic acids is 1. The number of amides is 1. The molecule has 1 atom stereocenters. The molecule has 0 radical (unpaired) electrons. The number of pyridine rings is 1. The van der Waals surface area contributed by atoms with E-state index < -0.39 is 0 Å². The van der Waals surface area contributed by atoms with E-state index in [1.165, 1.54) is 25.9 Å². The fourth-order valence-corrected chi connectivity index (χ4v) is 2.61. The Balaban J connectivity index is 1.88. The summed E-state index contributed by atoms with van der Waals surface area (Å²) in [5, 5.41) is 5.94. The zero-order valence-corrected chi connectivity index (χ0v) is 12.4. The molecule has 0 aromatic carbocycles. The van der Waals surface area contributed by atoms with Crippen molar-refractivity contribution in [2.75, 3.05) is 38.5 Å². The summed E-state index contributed by atoms with van der Waals surface area (Å²) >= 11 is 0. The largest absolute Gasteiger partial charge is 0.369 e. The van der Waals surface area contributed by atoms with Gasteiger partial charge in [0.05, 0.1) is 5.56 Å². The van der Waals surface area contributed by atoms with Crippen molar-refractivity contribution >= 4 is 11.7 Å². The van der Waals surface area contributed by atoms with Crippen molar-refractivity contribution in [1.82, 2.24) is 15.2 Å². The van der Waals surface area contributed by atoms with E-state index in [-0.39, 0.29) is 5.91 Å². The molecule has 0 unspecified atom stereocenters. The SMILES string of the molecule is CNC(=O)c1cccnc1NC[C@H](C)CN1CCCC1. The lowest BCUT2D eigenvalue weighted by atomic mass is 10.1. The number of nitrogens with zero attached hydrogens (tertiary/aromatic N) is 2. The Hall–Kier alpha value is -1.62. The van der Waals surface area contributed by atoms with Gasteiger partial charge in [-0.1, -0.05) is 6.92 Å². The van der Waals surface area contributed by atoms with Crippen LogP contribution in [0.1, 0.15) is 30.1 Å². The molecule has 1 aromatic heterocycles. The summed E-state index contributed by atoms with van der Waals surface area (Å²) in [6, 6.07) is 3.57. The Morgan fingerprint density at radius 3 is 2.90 bits per heavy atom. The van der Waals surface area contributed by atoms with Gasteiger partial charge < -0.3 is 15.5 Å². The fourth-order valence-electron chi connectivity index (χ4n) is 2.61. The molecule has 0 aliphatic carbocycles. The number of rotatable bonds is 6. The highest BCUT2D eigenvalue weighted by molar-refractivity contribution is 5.98. The monoisotopic (exact) mass is 276 g/mol. The standard InChI is InChI=1S/C15H24N4O/c1-12(11-19-8-3-4-9-19)10-18-14-13(15(20)16-2)6-5-7-17-14/h5-7,12H,3-4,8-11H2,1-2H3,(H,16,20)(H,17,18)/t12-/m0/s1. The fraction of sp³-hybridized carbons (Fsp3) is 0.600. The molecule has 0 bridgehead atoms. The molecule has 1 aromatic rings. The van der Waals surface area contributed by atoms with E-state index in [1.54, 1.807) is 25.4 Å². The third kappa shape index (κ3) is 3.93. The molecule has 0 spiro atoms. The van der Waals surface area contributed by atoms with E-state index in [4.69, 9.17) is 0 Å². The van der Waals surface area contributed by atoms with E-state index in [0.717, 1.165) is 13.1 Å². The van der Waals surface area contributed by atoms with Crippen molar-refractivity contribution in [1.29, 1.82) is 0 Å². The predicted molar refractivity (Wildman–Crippen MR) is 81.0 cm³/mol. The molecule has 1 amide bonds. The first kappa shape index (κ1) is 14.8. The van der Waals surface area contributed by atoms with Crippen molar-refractivity contribution in [2.24, 2.45) is 5.92 Å². The highest BCUT2D eigenvalue weighted by atomic mass is 16.1. The molecule has 1 saturated heterocycles. The lowest BCUT2D eigenvalue weighted by Gasteiger charge is -2.21. The Bertz CT molecular complexity index is 443. The van der Waals surface area contributed by atoms with Crippen LogP contribution in [0.15, 0.2) is 18.3 Å². The molecule has 2 N–H and O–H groups in total. The second-order valence-electron chi connectivity index (χ2n) is 5.47. The maximum Gasteiger partial charge on any atom is 0.254 e. The lowest BCUT2D eigenvalue weighted by molar-refractivity contribution is 0.0963. The van der Waals surface area contributed by atoms with Crippen LogP contribution in [-0.4, -0.2) is 49.0 Å². The van der Waals surface area contributed by atoms with Gasteiger partial charge in [-0.05, 0) is 44.0 Å². The summed E-state index contributed by atoms with van der Waals surface area (Å²) in [6.07, 6.45) is 4.35. The van der Waals surface area contributed by atoms with Gasteiger partial charge in [-0.15, -0.1) is 0 Å². The van der Waals surface area contributed by atoms with E-state index in [9.17, 15) is 4.79 Å². The van der Waals surface area contributed by atoms with Gasteiger partial charge in [-0.2, -0.15) is 0 Å². The second-order valence-corrected chi connectivity index (χ2v) is 5.47. The van der Waals surface area contributed by atoms with Gasteiger partial charge in [0.25, 0.3) is 5.91 Å². The third-order valence-electron chi connectivity index (χ3n) is 3.67. The van der Waals surface area contributed by atoms with Gasteiger partial charge >= 0.3 is 0 Å². The molecule has 5 nitrogen and oxygen atoms in total. The van der Waals surface area contributed by atoms with Gasteiger partial charge in [0.15, 0.2) is 0 Å². The molecule has 5 heteroatoms. The van der Waals surface area contributed by atoms with Gasteiger partial charge in [-0.3, -0.25) is 4.79 Å². The van der Waals surface area contributed by atoms with Crippen molar-refractivity contribution in [3.05, 3.63) is 23.9 Å². The summed E-state index contributed by atoms with van der Waals surface area (Å²) in [5.74, 6) is 1.10. The van der Waals surface area contributed by atoms with Crippen LogP contribution in [0.25, 0.3) is 0 Å². The van der Waals surface area contributed by atoms with Gasteiger partial charge in [0.2, 0.25) is 0 Å². The normalized spacial score (nSPS) is 16.9. The predicted octanol–water partition coefficient (Wildman–Crippen LogP) is 1.58. The quantitative estimate of drug-likeness (QED) is 0.828. The first-order chi connectivity index (χ1) is 9.70. The number of hydrogen-bond acceptors (Lipinski definition) is 4. The first-order valence-electron chi connectivity index (χ1n) is 7.34. The van der Waals surface area contributed by atoms with Crippen molar-refractivity contribution in [3.8, 4) is 0 Å². The van der Waals surface area contributed by atoms with Crippen molar-refractivity contribution in [3.63, 3.8) is 0 Å². The molecule has 1 aliphatic rings. The van der Waals surface area contributed by atoms with E-state index in [1.807, 2.05) is 0 Å². The molecule has 110 valence electrons. The zero-order chi connectivity index (χ0) is 14.4. The van der Waals surface area contributed by atoms with E-state index in [2.05, 4.69) is 27.4 Å². The summed E-state index contributed by atoms with van der Waals surface area (Å²) in [5.41, 5.74) is 0.600. The van der Waals surface area contributed by atoms with Crippen LogP contribution >= 0.6 is 0 Å². The summed E-state index contributed by atoms with van der Waals surface area (Å²) in [6.45, 7) is 6.61. The zero-order valence-electron chi connectivity index (χ0n) is 12.4. The Kier molecular flexibility index (Phi) is 5.35. The lowest BCUT2D eigenvalue weighted by Crippen LogP contribution is -2.29. The maximum absolute atomic E-state index is 11.8. The van der Waals surface area contributed by atoms with Crippen molar-refractivity contribution < 1.29 is 4.79 Å². The van der Waals surface area contributed by atoms with Gasteiger partial charge in [0, 0.05) is 26.3 Å². The number of aromatic nitrogens is 1. The maximum atomic E-state index is 11.8. The Labute approximate surface area is 120 Å². The summed E-state index contributed by atoms with van der Waals surface area (Å²) in [4.78, 5) is 18.5. The first-order valence-corrected chi connectivity index (χ1v) is 7.34.